The maximum absolute atomic E-state index is 10.3. The van der Waals surface area contributed by atoms with Crippen molar-refractivity contribution in [3.8, 4) is 6.07 Å². The fraction of sp³-hybridized carbons (Fsp3) is 0.500. The van der Waals surface area contributed by atoms with E-state index >= 15 is 0 Å². The molecule has 0 amide bonds. The number of hydrogen-bond acceptors (Lipinski definition) is 6. The quantitative estimate of drug-likeness (QED) is 0.350. The van der Waals surface area contributed by atoms with Gasteiger partial charge in [-0.15, -0.1) is 0 Å². The van der Waals surface area contributed by atoms with Crippen molar-refractivity contribution in [2.75, 3.05) is 13.2 Å². The van der Waals surface area contributed by atoms with Crippen LogP contribution < -0.4 is 0 Å². The van der Waals surface area contributed by atoms with Gasteiger partial charge in [-0.05, 0) is 10.7 Å². The van der Waals surface area contributed by atoms with E-state index in [4.69, 9.17) is 14.7 Å². The Morgan fingerprint density at radius 2 is 1.92 bits per heavy atom. The van der Waals surface area contributed by atoms with Gasteiger partial charge in [0.2, 0.25) is 0 Å². The van der Waals surface area contributed by atoms with Crippen molar-refractivity contribution in [3.63, 3.8) is 0 Å². The predicted molar refractivity (Wildman–Crippen MR) is 46.3 cm³/mol. The molecule has 0 aromatic rings. The summed E-state index contributed by atoms with van der Waals surface area (Å²) in [6.07, 6.45) is 0. The van der Waals surface area contributed by atoms with Crippen LogP contribution in [0.4, 0.5) is 0 Å². The molecule has 0 saturated carbocycles. The average molecular weight is 217 g/mol. The Bertz CT molecular complexity index is 288. The molecule has 1 saturated heterocycles. The molecule has 1 fully saturated rings. The molecule has 7 heteroatoms. The first kappa shape index (κ1) is 12.3. The molecule has 1 aliphatic rings. The van der Waals surface area contributed by atoms with Gasteiger partial charge < -0.3 is 17.9 Å². The van der Waals surface area contributed by atoms with Crippen LogP contribution in [0.15, 0.2) is 10.9 Å². The third-order valence-corrected chi connectivity index (χ3v) is 1.59. The van der Waals surface area contributed by atoms with Crippen LogP contribution >= 0.6 is 0 Å². The molecule has 1 heterocycles. The summed E-state index contributed by atoms with van der Waals surface area (Å²) < 4.78 is 30.0. The topological polar surface area (TPSA) is 76.4 Å². The standard InChI is InChI=1S/C5H4NO4S.CH3.Al.H/c6-3-4(11(7)8)5-9-1-2-10-5;;;/h1-2H2;1H3;;/q-1;;+1;. The molecule has 5 nitrogen and oxygen atoms in total. The zero-order chi connectivity index (χ0) is 10.3. The van der Waals surface area contributed by atoms with E-state index in [2.05, 4.69) is 0 Å². The van der Waals surface area contributed by atoms with Gasteiger partial charge >= 0.3 is 22.1 Å². The Morgan fingerprint density at radius 1 is 1.46 bits per heavy atom. The molecular formula is C6H8AlNO4S. The van der Waals surface area contributed by atoms with Crippen LogP contribution in [0.5, 0.6) is 0 Å². The molecule has 13 heavy (non-hydrogen) atoms. The van der Waals surface area contributed by atoms with E-state index in [-0.39, 0.29) is 19.2 Å². The number of ether oxygens (including phenoxy) is 2. The predicted octanol–water partition coefficient (Wildman–Crippen LogP) is -0.0295. The Morgan fingerprint density at radius 3 is 2.23 bits per heavy atom. The molecular weight excluding hydrogens is 209 g/mol. The second-order valence-electron chi connectivity index (χ2n) is 1.66. The summed E-state index contributed by atoms with van der Waals surface area (Å²) in [7, 11) is -2.57. The monoisotopic (exact) mass is 217 g/mol. The van der Waals surface area contributed by atoms with Gasteiger partial charge in [0.05, 0.1) is 11.0 Å². The molecule has 70 valence electrons. The van der Waals surface area contributed by atoms with Crippen LogP contribution in [0.25, 0.3) is 0 Å². The number of allylic oxidation sites excluding steroid dienone is 1. The van der Waals surface area contributed by atoms with Crippen LogP contribution in [0.3, 0.4) is 0 Å². The number of nitriles is 1. The third kappa shape index (κ3) is 3.69. The van der Waals surface area contributed by atoms with Gasteiger partial charge in [-0.25, -0.2) is 0 Å². The first-order valence-electron chi connectivity index (χ1n) is 3.45. The van der Waals surface area contributed by atoms with E-state index in [1.54, 1.807) is 0 Å². The first-order valence-corrected chi connectivity index (χ1v) is 5.94. The van der Waals surface area contributed by atoms with E-state index < -0.39 is 15.6 Å². The maximum atomic E-state index is 10.3. The van der Waals surface area contributed by atoms with Gasteiger partial charge in [0.15, 0.2) is 0 Å². The van der Waals surface area contributed by atoms with Gasteiger partial charge in [-0.2, -0.15) is 5.26 Å². The summed E-state index contributed by atoms with van der Waals surface area (Å²) in [5, 5.41) is 8.30. The zero-order valence-electron chi connectivity index (χ0n) is 7.11. The zero-order valence-corrected chi connectivity index (χ0v) is 9.34. The fourth-order valence-corrected chi connectivity index (χ4v) is 0.921. The Labute approximate surface area is 86.3 Å². The normalized spacial score (nSPS) is 13.4. The summed E-state index contributed by atoms with van der Waals surface area (Å²) in [4.78, 5) is -0.484. The summed E-state index contributed by atoms with van der Waals surface area (Å²) in [5.74, 6) is 1.83. The fourth-order valence-electron chi connectivity index (χ4n) is 0.592. The van der Waals surface area contributed by atoms with E-state index in [1.165, 1.54) is 6.07 Å². The summed E-state index contributed by atoms with van der Waals surface area (Å²) in [6, 6.07) is 1.46. The van der Waals surface area contributed by atoms with Crippen LogP contribution in [-0.4, -0.2) is 29.5 Å². The second-order valence-corrected chi connectivity index (χ2v) is 2.54. The van der Waals surface area contributed by atoms with Crippen molar-refractivity contribution in [3.05, 3.63) is 10.9 Å². The minimum absolute atomic E-state index is 0.194. The molecule has 1 aliphatic heterocycles. The molecule has 0 radical (unpaired) electrons. The van der Waals surface area contributed by atoms with Gasteiger partial charge in [0.25, 0.3) is 5.95 Å². The number of nitrogens with zero attached hydrogens (tertiary/aromatic N) is 1. The SMILES string of the molecule is N#CC(=C1OCCO1)[S-](=O)=O.[CH3][AlH+]. The molecule has 1 rings (SSSR count). The summed E-state index contributed by atoms with van der Waals surface area (Å²) >= 11 is 1.86. The van der Waals surface area contributed by atoms with Crippen molar-refractivity contribution in [1.82, 2.24) is 0 Å². The van der Waals surface area contributed by atoms with Crippen molar-refractivity contribution in [2.45, 2.75) is 5.79 Å². The Balaban J connectivity index is 0.000000671. The minimum atomic E-state index is -2.57. The van der Waals surface area contributed by atoms with Gasteiger partial charge in [-0.1, -0.05) is 0 Å². The van der Waals surface area contributed by atoms with E-state index in [0.717, 1.165) is 0 Å². The molecule has 0 aliphatic carbocycles. The second kappa shape index (κ2) is 6.79. The number of hydrogen-bond donors (Lipinski definition) is 0. The van der Waals surface area contributed by atoms with Crippen LogP contribution in [0.1, 0.15) is 0 Å². The van der Waals surface area contributed by atoms with Gasteiger partial charge in [0.1, 0.15) is 13.2 Å². The van der Waals surface area contributed by atoms with Crippen molar-refractivity contribution in [1.29, 1.82) is 5.26 Å². The Hall–Kier alpha value is -0.688. The average Bonchev–Trinajstić information content (AvgIpc) is 2.62. The molecule has 0 N–H and O–H groups in total. The Kier molecular flexibility index (Phi) is 6.43. The molecule has 0 unspecified atom stereocenters. The molecule has 0 spiro atoms. The molecule has 0 bridgehead atoms. The van der Waals surface area contributed by atoms with Crippen molar-refractivity contribution >= 4 is 27.0 Å². The summed E-state index contributed by atoms with van der Waals surface area (Å²) in [5.41, 5.74) is 0. The van der Waals surface area contributed by atoms with Gasteiger partial charge in [0, 0.05) is 0 Å². The number of rotatable bonds is 1. The molecule has 0 aromatic carbocycles. The van der Waals surface area contributed by atoms with Crippen molar-refractivity contribution < 1.29 is 17.9 Å². The van der Waals surface area contributed by atoms with E-state index in [0.29, 0.717) is 0 Å². The van der Waals surface area contributed by atoms with Crippen molar-refractivity contribution in [2.24, 2.45) is 0 Å². The van der Waals surface area contributed by atoms with Crippen LogP contribution in [0.2, 0.25) is 5.79 Å². The van der Waals surface area contributed by atoms with Gasteiger partial charge in [-0.3, -0.25) is 0 Å². The van der Waals surface area contributed by atoms with Crippen LogP contribution in [0, 0.1) is 11.3 Å². The van der Waals surface area contributed by atoms with E-state index in [1.807, 2.05) is 22.1 Å². The third-order valence-electron chi connectivity index (χ3n) is 1.00. The van der Waals surface area contributed by atoms with E-state index in [9.17, 15) is 8.42 Å². The molecule has 0 atom stereocenters. The van der Waals surface area contributed by atoms with Crippen LogP contribution in [-0.2, 0) is 28.6 Å². The first-order chi connectivity index (χ1) is 6.25. The molecule has 0 aromatic heterocycles. The summed E-state index contributed by atoms with van der Waals surface area (Å²) in [6.45, 7) is 0.579.